The second-order valence-electron chi connectivity index (χ2n) is 7.49. The number of hydrogen-bond acceptors (Lipinski definition) is 5. The lowest BCUT2D eigenvalue weighted by Gasteiger charge is -2.12. The zero-order valence-corrected chi connectivity index (χ0v) is 20.8. The maximum Gasteiger partial charge on any atom is 0.573 e. The monoisotopic (exact) mass is 563 g/mol. The third-order valence-corrected chi connectivity index (χ3v) is 6.93. The van der Waals surface area contributed by atoms with E-state index in [9.17, 15) is 26.0 Å². The molecule has 6 nitrogen and oxygen atoms in total. The van der Waals surface area contributed by atoms with E-state index in [0.717, 1.165) is 28.2 Å². The first-order valence-corrected chi connectivity index (χ1v) is 11.9. The van der Waals surface area contributed by atoms with E-state index >= 15 is 0 Å². The maximum absolute atomic E-state index is 14.3. The van der Waals surface area contributed by atoms with E-state index in [2.05, 4.69) is 15.4 Å². The highest BCUT2D eigenvalue weighted by molar-refractivity contribution is 7.90. The Hall–Kier alpha value is -2.99. The van der Waals surface area contributed by atoms with Gasteiger partial charge in [-0.15, -0.1) is 25.6 Å². The predicted octanol–water partition coefficient (Wildman–Crippen LogP) is 6.45. The largest absolute Gasteiger partial charge is 0.573 e. The first kappa shape index (κ1) is 27.6. The first-order valence-electron chi connectivity index (χ1n) is 10.1. The predicted molar refractivity (Wildman–Crippen MR) is 132 cm³/mol. The second-order valence-corrected chi connectivity index (χ2v) is 9.74. The summed E-state index contributed by atoms with van der Waals surface area (Å²) in [5.74, 6) is -1.26. The summed E-state index contributed by atoms with van der Waals surface area (Å²) in [6.07, 6.45) is -3.58. The zero-order chi connectivity index (χ0) is 25.4. The third kappa shape index (κ3) is 5.86. The molecule has 1 aromatic heterocycles. The molecule has 192 valence electrons. The van der Waals surface area contributed by atoms with Gasteiger partial charge in [-0.25, -0.2) is 16.8 Å². The van der Waals surface area contributed by atoms with Crippen LogP contribution >= 0.6 is 24.0 Å². The van der Waals surface area contributed by atoms with Crippen molar-refractivity contribution in [1.82, 2.24) is 9.29 Å². The van der Waals surface area contributed by atoms with E-state index in [1.807, 2.05) is 0 Å². The van der Waals surface area contributed by atoms with E-state index in [1.54, 1.807) is 19.2 Å². The summed E-state index contributed by atoms with van der Waals surface area (Å²) in [5.41, 5.74) is 1.40. The normalized spacial score (nSPS) is 11.8. The number of aromatic nitrogens is 1. The van der Waals surface area contributed by atoms with Crippen LogP contribution in [0.3, 0.4) is 0 Å². The number of anilines is 2. The molecule has 0 amide bonds. The Kier molecular flexibility index (Phi) is 8.09. The Labute approximate surface area is 215 Å². The van der Waals surface area contributed by atoms with Crippen LogP contribution in [0.15, 0.2) is 71.8 Å². The molecule has 0 atom stereocenters. The number of rotatable bonds is 7. The summed E-state index contributed by atoms with van der Waals surface area (Å²) in [6.45, 7) is 0.328. The van der Waals surface area contributed by atoms with Gasteiger partial charge in [-0.1, -0.05) is 23.7 Å². The quantitative estimate of drug-likeness (QED) is 0.253. The lowest BCUT2D eigenvalue weighted by atomic mass is 10.1. The molecule has 3 aromatic carbocycles. The van der Waals surface area contributed by atoms with Crippen LogP contribution in [0.25, 0.3) is 10.9 Å². The van der Waals surface area contributed by atoms with E-state index in [1.165, 1.54) is 30.5 Å². The van der Waals surface area contributed by atoms with Crippen LogP contribution in [0, 0.1) is 5.82 Å². The molecule has 0 aliphatic carbocycles. The molecular weight excluding hydrogens is 545 g/mol. The molecule has 13 heteroatoms. The molecule has 0 unspecified atom stereocenters. The summed E-state index contributed by atoms with van der Waals surface area (Å²) in [4.78, 5) is -0.394. The molecule has 4 aromatic rings. The lowest BCUT2D eigenvalue weighted by molar-refractivity contribution is -0.274. The van der Waals surface area contributed by atoms with Crippen LogP contribution in [0.1, 0.15) is 5.56 Å². The maximum atomic E-state index is 14.3. The number of nitrogens with one attached hydrogen (secondary N) is 2. The SMILES string of the molecule is CNCc1cn(S(=O)(=O)c2cccc(OC(F)(F)F)c2)c2cc(Nc3ccc(Cl)cc3F)ccc12.Cl. The van der Waals surface area contributed by atoms with Gasteiger partial charge in [-0.05, 0) is 55.1 Å². The van der Waals surface area contributed by atoms with Crippen molar-refractivity contribution in [1.29, 1.82) is 0 Å². The summed E-state index contributed by atoms with van der Waals surface area (Å²) in [7, 11) is -2.63. The first-order chi connectivity index (χ1) is 16.5. The number of fused-ring (bicyclic) bond motifs is 1. The molecule has 0 radical (unpaired) electrons. The number of benzene rings is 3. The lowest BCUT2D eigenvalue weighted by Crippen LogP contribution is -2.18. The molecule has 0 spiro atoms. The minimum Gasteiger partial charge on any atom is -0.406 e. The van der Waals surface area contributed by atoms with Crippen LogP contribution in [0.5, 0.6) is 5.75 Å². The van der Waals surface area contributed by atoms with Crippen molar-refractivity contribution >= 4 is 56.3 Å². The standard InChI is InChI=1S/C23H18ClF4N3O3S.ClH/c1-29-12-14-13-31(35(32,33)18-4-2-3-17(11-18)34-23(26,27)28)22-10-16(6-7-19(14)22)30-21-8-5-15(24)9-20(21)25;/h2-11,13,29-30H,12H2,1H3;1H. The van der Waals surface area contributed by atoms with E-state index in [-0.39, 0.29) is 28.6 Å². The van der Waals surface area contributed by atoms with Gasteiger partial charge in [0.15, 0.2) is 0 Å². The number of alkyl halides is 3. The van der Waals surface area contributed by atoms with Crippen molar-refractivity contribution in [2.75, 3.05) is 12.4 Å². The Morgan fingerprint density at radius 1 is 1.06 bits per heavy atom. The zero-order valence-electron chi connectivity index (χ0n) is 18.4. The van der Waals surface area contributed by atoms with Gasteiger partial charge < -0.3 is 15.4 Å². The number of hydrogen-bond donors (Lipinski definition) is 2. The average Bonchev–Trinajstić information content (AvgIpc) is 3.13. The van der Waals surface area contributed by atoms with E-state index < -0.39 is 32.8 Å². The van der Waals surface area contributed by atoms with Crippen molar-refractivity contribution in [2.45, 2.75) is 17.8 Å². The minimum atomic E-state index is -4.97. The van der Waals surface area contributed by atoms with Gasteiger partial charge >= 0.3 is 6.36 Å². The van der Waals surface area contributed by atoms with E-state index in [4.69, 9.17) is 11.6 Å². The average molecular weight is 564 g/mol. The molecule has 0 aliphatic heterocycles. The molecule has 36 heavy (non-hydrogen) atoms. The smallest absolute Gasteiger partial charge is 0.406 e. The summed E-state index contributed by atoms with van der Waals surface area (Å²) < 4.78 is 83.9. The highest BCUT2D eigenvalue weighted by Crippen LogP contribution is 2.32. The molecule has 2 N–H and O–H groups in total. The van der Waals surface area contributed by atoms with Gasteiger partial charge in [0.25, 0.3) is 10.0 Å². The summed E-state index contributed by atoms with van der Waals surface area (Å²) in [5, 5.41) is 6.65. The van der Waals surface area contributed by atoms with Crippen molar-refractivity contribution in [3.8, 4) is 5.75 Å². The van der Waals surface area contributed by atoms with Crippen LogP contribution < -0.4 is 15.4 Å². The number of ether oxygens (including phenoxy) is 1. The molecule has 0 saturated heterocycles. The topological polar surface area (TPSA) is 72.4 Å². The molecule has 1 heterocycles. The highest BCUT2D eigenvalue weighted by atomic mass is 35.5. The van der Waals surface area contributed by atoms with Gasteiger partial charge in [0, 0.05) is 34.9 Å². The van der Waals surface area contributed by atoms with Crippen molar-refractivity contribution in [3.05, 3.63) is 83.3 Å². The molecule has 0 aliphatic rings. The molecule has 4 rings (SSSR count). The van der Waals surface area contributed by atoms with Crippen molar-refractivity contribution in [2.24, 2.45) is 0 Å². The summed E-state index contributed by atoms with van der Waals surface area (Å²) in [6, 6.07) is 13.1. The Morgan fingerprint density at radius 2 is 1.81 bits per heavy atom. The van der Waals surface area contributed by atoms with Gasteiger partial charge in [0.1, 0.15) is 11.6 Å². The Morgan fingerprint density at radius 3 is 2.47 bits per heavy atom. The fraction of sp³-hybridized carbons (Fsp3) is 0.130. The fourth-order valence-electron chi connectivity index (χ4n) is 3.57. The molecule has 0 fully saturated rings. The van der Waals surface area contributed by atoms with Gasteiger partial charge in [-0.3, -0.25) is 0 Å². The van der Waals surface area contributed by atoms with Crippen LogP contribution in [-0.2, 0) is 16.6 Å². The molecule has 0 bridgehead atoms. The van der Waals surface area contributed by atoms with Gasteiger partial charge in [0.2, 0.25) is 0 Å². The third-order valence-electron chi connectivity index (χ3n) is 5.03. The molecular formula is C23H19Cl2F4N3O3S. The van der Waals surface area contributed by atoms with Crippen molar-refractivity contribution in [3.63, 3.8) is 0 Å². The van der Waals surface area contributed by atoms with Crippen LogP contribution in [0.2, 0.25) is 5.02 Å². The number of halogens is 6. The van der Waals surface area contributed by atoms with E-state index in [0.29, 0.717) is 23.2 Å². The molecule has 0 saturated carbocycles. The Bertz CT molecular complexity index is 1510. The van der Waals surface area contributed by atoms with Crippen molar-refractivity contribution < 1.29 is 30.7 Å². The minimum absolute atomic E-state index is 0. The van der Waals surface area contributed by atoms with Crippen LogP contribution in [-0.4, -0.2) is 25.8 Å². The van der Waals surface area contributed by atoms with Gasteiger partial charge in [0.05, 0.1) is 16.1 Å². The number of nitrogens with zero attached hydrogens (tertiary/aromatic N) is 1. The summed E-state index contributed by atoms with van der Waals surface area (Å²) >= 11 is 5.79. The fourth-order valence-corrected chi connectivity index (χ4v) is 5.14. The highest BCUT2D eigenvalue weighted by Gasteiger charge is 2.32. The van der Waals surface area contributed by atoms with Crippen LogP contribution in [0.4, 0.5) is 28.9 Å². The van der Waals surface area contributed by atoms with Gasteiger partial charge in [-0.2, -0.15) is 0 Å². The Balaban J connectivity index is 0.00000361. The second kappa shape index (κ2) is 10.6.